The Morgan fingerprint density at radius 2 is 1.75 bits per heavy atom. The number of hydrogen-bond donors (Lipinski definition) is 0. The number of hydrogen-bond acceptors (Lipinski definition) is 4. The highest BCUT2D eigenvalue weighted by molar-refractivity contribution is 5.69. The number of fused-ring (bicyclic) bond motifs is 2. The van der Waals surface area contributed by atoms with Crippen molar-refractivity contribution in [1.82, 2.24) is 9.80 Å². The minimum absolute atomic E-state index is 0.0952. The fraction of sp³-hybridized carbons (Fsp3) is 0.696. The predicted molar refractivity (Wildman–Crippen MR) is 110 cm³/mol. The molecule has 3 saturated heterocycles. The molecule has 4 rings (SSSR count). The summed E-state index contributed by atoms with van der Waals surface area (Å²) in [5, 5.41) is 0. The van der Waals surface area contributed by atoms with Crippen LogP contribution in [0.5, 0.6) is 5.75 Å². The predicted octanol–water partition coefficient (Wildman–Crippen LogP) is 4.33. The smallest absolute Gasteiger partial charge is 0.410 e. The van der Waals surface area contributed by atoms with Crippen LogP contribution in [0, 0.1) is 6.92 Å². The lowest BCUT2D eigenvalue weighted by molar-refractivity contribution is 0.0341. The first-order valence-electron chi connectivity index (χ1n) is 10.9. The maximum absolute atomic E-state index is 12.3. The number of rotatable bonds is 4. The summed E-state index contributed by atoms with van der Waals surface area (Å²) in [5.74, 6) is 1.60. The SMILES string of the molecule is CCOC(=O)N1[C@@H]2CC[C@@H]1CC(N1CCC(c3ccc(OC)cc3C)CC1)C2. The van der Waals surface area contributed by atoms with Crippen LogP contribution in [0.2, 0.25) is 0 Å². The van der Waals surface area contributed by atoms with E-state index < -0.39 is 0 Å². The van der Waals surface area contributed by atoms with Crippen LogP contribution < -0.4 is 4.74 Å². The van der Waals surface area contributed by atoms with Crippen molar-refractivity contribution in [3.05, 3.63) is 29.3 Å². The van der Waals surface area contributed by atoms with Gasteiger partial charge >= 0.3 is 6.09 Å². The molecule has 0 N–H and O–H groups in total. The number of piperidine rings is 2. The number of carbonyl (C=O) groups excluding carboxylic acids is 1. The molecule has 3 fully saturated rings. The average Bonchev–Trinajstić information content (AvgIpc) is 2.98. The van der Waals surface area contributed by atoms with Crippen LogP contribution in [0.3, 0.4) is 0 Å². The molecule has 1 amide bonds. The fourth-order valence-corrected chi connectivity index (χ4v) is 5.75. The van der Waals surface area contributed by atoms with E-state index in [-0.39, 0.29) is 6.09 Å². The van der Waals surface area contributed by atoms with E-state index in [2.05, 4.69) is 30.0 Å². The van der Waals surface area contributed by atoms with Gasteiger partial charge in [-0.2, -0.15) is 0 Å². The molecular weight excluding hydrogens is 352 g/mol. The molecule has 0 unspecified atom stereocenters. The van der Waals surface area contributed by atoms with Gasteiger partial charge in [-0.05, 0) is 94.6 Å². The summed E-state index contributed by atoms with van der Waals surface area (Å²) in [6.45, 7) is 6.89. The second kappa shape index (κ2) is 8.32. The molecule has 3 heterocycles. The van der Waals surface area contributed by atoms with Crippen LogP contribution in [-0.4, -0.2) is 60.8 Å². The molecule has 2 bridgehead atoms. The van der Waals surface area contributed by atoms with E-state index in [0.29, 0.717) is 30.7 Å². The number of ether oxygens (including phenoxy) is 2. The second-order valence-electron chi connectivity index (χ2n) is 8.65. The number of likely N-dealkylation sites (tertiary alicyclic amines) is 1. The molecule has 5 heteroatoms. The number of benzene rings is 1. The van der Waals surface area contributed by atoms with E-state index in [1.165, 1.54) is 37.1 Å². The topological polar surface area (TPSA) is 42.0 Å². The zero-order chi connectivity index (χ0) is 19.7. The van der Waals surface area contributed by atoms with Crippen molar-refractivity contribution in [3.8, 4) is 5.75 Å². The third kappa shape index (κ3) is 3.73. The van der Waals surface area contributed by atoms with Crippen molar-refractivity contribution < 1.29 is 14.3 Å². The minimum Gasteiger partial charge on any atom is -0.497 e. The molecule has 1 aromatic rings. The summed E-state index contributed by atoms with van der Waals surface area (Å²) in [6.07, 6.45) is 6.86. The molecule has 0 saturated carbocycles. The third-order valence-corrected chi connectivity index (χ3v) is 7.15. The Balaban J connectivity index is 1.34. The molecule has 0 spiro atoms. The van der Waals surface area contributed by atoms with Crippen LogP contribution in [0.15, 0.2) is 18.2 Å². The summed E-state index contributed by atoms with van der Waals surface area (Å²) in [4.78, 5) is 17.0. The summed E-state index contributed by atoms with van der Waals surface area (Å²) in [6, 6.07) is 7.89. The molecule has 0 aliphatic carbocycles. The standard InChI is InChI=1S/C23H34N2O3/c1-4-28-23(26)25-18-5-6-19(25)15-20(14-18)24-11-9-17(10-12-24)22-8-7-21(27-3)13-16(22)2/h7-8,13,17-20H,4-6,9-12,14-15H2,1-3H3/t18-,19-/m1/s1. The fourth-order valence-electron chi connectivity index (χ4n) is 5.75. The van der Waals surface area contributed by atoms with Crippen molar-refractivity contribution >= 4 is 6.09 Å². The van der Waals surface area contributed by atoms with Crippen molar-refractivity contribution in [1.29, 1.82) is 0 Å². The van der Waals surface area contributed by atoms with E-state index in [1.54, 1.807) is 7.11 Å². The van der Waals surface area contributed by atoms with Crippen molar-refractivity contribution in [3.63, 3.8) is 0 Å². The molecule has 28 heavy (non-hydrogen) atoms. The van der Waals surface area contributed by atoms with Gasteiger partial charge < -0.3 is 19.3 Å². The van der Waals surface area contributed by atoms with Crippen molar-refractivity contribution in [2.24, 2.45) is 0 Å². The van der Waals surface area contributed by atoms with E-state index in [0.717, 1.165) is 31.4 Å². The highest BCUT2D eigenvalue weighted by Gasteiger charge is 2.45. The summed E-state index contributed by atoms with van der Waals surface area (Å²) < 4.78 is 10.7. The lowest BCUT2D eigenvalue weighted by Gasteiger charge is -2.45. The van der Waals surface area contributed by atoms with Crippen molar-refractivity contribution in [2.45, 2.75) is 76.4 Å². The Labute approximate surface area is 169 Å². The van der Waals surface area contributed by atoms with Gasteiger partial charge in [-0.1, -0.05) is 6.07 Å². The number of methoxy groups -OCH3 is 1. The van der Waals surface area contributed by atoms with Crippen LogP contribution in [0.25, 0.3) is 0 Å². The Bertz CT molecular complexity index is 685. The molecular formula is C23H34N2O3. The first-order valence-corrected chi connectivity index (χ1v) is 10.9. The van der Waals surface area contributed by atoms with Crippen LogP contribution in [-0.2, 0) is 4.74 Å². The largest absolute Gasteiger partial charge is 0.497 e. The number of nitrogens with zero attached hydrogens (tertiary/aromatic N) is 2. The molecule has 154 valence electrons. The Morgan fingerprint density at radius 1 is 1.07 bits per heavy atom. The Morgan fingerprint density at radius 3 is 2.32 bits per heavy atom. The first kappa shape index (κ1) is 19.6. The highest BCUT2D eigenvalue weighted by Crippen LogP contribution is 2.40. The van der Waals surface area contributed by atoms with Crippen LogP contribution in [0.1, 0.15) is 62.5 Å². The van der Waals surface area contributed by atoms with Gasteiger partial charge in [0.2, 0.25) is 0 Å². The van der Waals surface area contributed by atoms with Gasteiger partial charge in [0.05, 0.1) is 13.7 Å². The summed E-state index contributed by atoms with van der Waals surface area (Å²) in [7, 11) is 1.73. The lowest BCUT2D eigenvalue weighted by Crippen LogP contribution is -2.53. The van der Waals surface area contributed by atoms with E-state index in [4.69, 9.17) is 9.47 Å². The molecule has 5 nitrogen and oxygen atoms in total. The molecule has 3 aliphatic heterocycles. The first-order chi connectivity index (χ1) is 13.6. The van der Waals surface area contributed by atoms with Gasteiger partial charge in [0.1, 0.15) is 5.75 Å². The van der Waals surface area contributed by atoms with E-state index in [1.807, 2.05) is 11.8 Å². The lowest BCUT2D eigenvalue weighted by atomic mass is 9.85. The maximum Gasteiger partial charge on any atom is 0.410 e. The summed E-state index contributed by atoms with van der Waals surface area (Å²) in [5.41, 5.74) is 2.83. The Kier molecular flexibility index (Phi) is 5.81. The highest BCUT2D eigenvalue weighted by atomic mass is 16.6. The number of amides is 1. The molecule has 2 atom stereocenters. The van der Waals surface area contributed by atoms with Gasteiger partial charge in [0.25, 0.3) is 0 Å². The average molecular weight is 387 g/mol. The van der Waals surface area contributed by atoms with E-state index in [9.17, 15) is 4.79 Å². The molecule has 3 aliphatic rings. The molecule has 0 radical (unpaired) electrons. The monoisotopic (exact) mass is 386 g/mol. The molecule has 0 aromatic heterocycles. The summed E-state index contributed by atoms with van der Waals surface area (Å²) >= 11 is 0. The second-order valence-corrected chi connectivity index (χ2v) is 8.65. The van der Waals surface area contributed by atoms with Crippen molar-refractivity contribution in [2.75, 3.05) is 26.8 Å². The molecule has 1 aromatic carbocycles. The normalized spacial score (nSPS) is 28.4. The number of aryl methyl sites for hydroxylation is 1. The third-order valence-electron chi connectivity index (χ3n) is 7.15. The van der Waals surface area contributed by atoms with Crippen LogP contribution in [0.4, 0.5) is 4.79 Å². The Hall–Kier alpha value is -1.75. The zero-order valence-corrected chi connectivity index (χ0v) is 17.5. The van der Waals surface area contributed by atoms with Gasteiger partial charge in [-0.3, -0.25) is 0 Å². The minimum atomic E-state index is -0.0952. The quantitative estimate of drug-likeness (QED) is 0.772. The van der Waals surface area contributed by atoms with Gasteiger partial charge in [-0.15, -0.1) is 0 Å². The zero-order valence-electron chi connectivity index (χ0n) is 17.5. The van der Waals surface area contributed by atoms with E-state index >= 15 is 0 Å². The van der Waals surface area contributed by atoms with Gasteiger partial charge in [0, 0.05) is 18.1 Å². The van der Waals surface area contributed by atoms with Gasteiger partial charge in [0.15, 0.2) is 0 Å². The maximum atomic E-state index is 12.3. The van der Waals surface area contributed by atoms with Crippen LogP contribution >= 0.6 is 0 Å². The van der Waals surface area contributed by atoms with Gasteiger partial charge in [-0.25, -0.2) is 4.79 Å². The number of carbonyl (C=O) groups is 1.